The second-order valence-electron chi connectivity index (χ2n) is 23.5. The van der Waals surface area contributed by atoms with E-state index in [0.717, 1.165) is 93.6 Å². The van der Waals surface area contributed by atoms with Crippen molar-refractivity contribution < 1.29 is 81.4 Å². The number of carbonyl (C=O) groups excluding carboxylic acids is 8. The minimum atomic E-state index is -0.586. The summed E-state index contributed by atoms with van der Waals surface area (Å²) in [5.41, 5.74) is 52.7. The first-order valence-electron chi connectivity index (χ1n) is 33.8. The fraction of sp³-hybridized carbons (Fsp3) is 0.263. The van der Waals surface area contributed by atoms with E-state index < -0.39 is 48.2 Å². The number of urea groups is 8. The van der Waals surface area contributed by atoms with E-state index in [1.54, 1.807) is 51.7 Å². The molecule has 3 aliphatic heterocycles. The maximum Gasteiger partial charge on any atom is 0.312 e. The van der Waals surface area contributed by atoms with E-state index in [-0.39, 0.29) is 12.5 Å². The SMILES string of the molecule is COc1cc(CNC(N)=O)ccc1O.COc1ccc(CNC(N)=O)cc1.COc1ccc(CNC(N)=O)cc1OC.NC(=O)NCc1ccc2c(c1)CCC2.NC(=O)NCc1ccc2c(c1)CCO2.NC(=O)NCc1ccc2c(c1)OCC2.NC(=O)NCc1ccc2c(c1)OCO2.NC(=O)NCc1ccccc1. The van der Waals surface area contributed by atoms with Crippen LogP contribution < -0.4 is 126 Å². The third kappa shape index (κ3) is 33.6. The molecule has 0 unspecified atom stereocenters. The number of aryl methyl sites for hydroxylation is 2. The molecule has 0 aromatic heterocycles. The van der Waals surface area contributed by atoms with E-state index in [1.165, 1.54) is 54.7 Å². The average Bonchev–Trinajstić information content (AvgIpc) is 1.74. The van der Waals surface area contributed by atoms with Crippen molar-refractivity contribution in [2.75, 3.05) is 48.4 Å². The highest BCUT2D eigenvalue weighted by atomic mass is 16.7. The Balaban J connectivity index is 0.000000223. The van der Waals surface area contributed by atoms with Gasteiger partial charge in [0.05, 0.1) is 41.7 Å². The van der Waals surface area contributed by atoms with E-state index >= 15 is 0 Å². The van der Waals surface area contributed by atoms with Crippen molar-refractivity contribution in [1.82, 2.24) is 42.5 Å². The van der Waals surface area contributed by atoms with Gasteiger partial charge in [-0.1, -0.05) is 103 Å². The Bertz CT molecular complexity index is 3940. The van der Waals surface area contributed by atoms with Gasteiger partial charge >= 0.3 is 48.2 Å². The van der Waals surface area contributed by atoms with Gasteiger partial charge in [0.1, 0.15) is 17.2 Å². The molecule has 109 heavy (non-hydrogen) atoms. The summed E-state index contributed by atoms with van der Waals surface area (Å²) in [7, 11) is 6.19. The van der Waals surface area contributed by atoms with Crippen LogP contribution in [-0.2, 0) is 78.0 Å². The summed E-state index contributed by atoms with van der Waals surface area (Å²) in [5.74, 6) is 5.82. The van der Waals surface area contributed by atoms with Gasteiger partial charge in [-0.25, -0.2) is 38.4 Å². The molecule has 0 radical (unpaired) electrons. The lowest BCUT2D eigenvalue weighted by molar-refractivity contribution is 0.174. The number of amides is 16. The molecule has 33 heteroatoms. The van der Waals surface area contributed by atoms with Crippen LogP contribution >= 0.6 is 0 Å². The number of aromatic hydroxyl groups is 1. The second kappa shape index (κ2) is 46.8. The molecule has 12 rings (SSSR count). The molecule has 25 N–H and O–H groups in total. The zero-order valence-electron chi connectivity index (χ0n) is 61.0. The molecule has 0 spiro atoms. The third-order valence-electron chi connectivity index (χ3n) is 15.5. The van der Waals surface area contributed by atoms with Crippen molar-refractivity contribution >= 4 is 48.2 Å². The number of fused-ring (bicyclic) bond motifs is 4. The lowest BCUT2D eigenvalue weighted by Crippen LogP contribution is -2.28. The molecular weight excluding hydrogens is 1410 g/mol. The maximum absolute atomic E-state index is 10.5. The number of nitrogens with one attached hydrogen (secondary N) is 8. The van der Waals surface area contributed by atoms with Gasteiger partial charge in [-0.2, -0.15) is 0 Å². The van der Waals surface area contributed by atoms with Crippen LogP contribution in [0.3, 0.4) is 0 Å². The van der Waals surface area contributed by atoms with Gasteiger partial charge in [0.2, 0.25) is 6.79 Å². The quantitative estimate of drug-likeness (QED) is 0.0379. The van der Waals surface area contributed by atoms with E-state index in [9.17, 15) is 43.5 Å². The summed E-state index contributed by atoms with van der Waals surface area (Å²) in [4.78, 5) is 83.6. The van der Waals surface area contributed by atoms with Gasteiger partial charge in [-0.3, -0.25) is 0 Å². The van der Waals surface area contributed by atoms with Crippen molar-refractivity contribution in [3.63, 3.8) is 0 Å². The molecule has 16 amide bonds. The van der Waals surface area contributed by atoms with Crippen molar-refractivity contribution in [3.05, 3.63) is 231 Å². The molecule has 8 aromatic rings. The molecule has 582 valence electrons. The van der Waals surface area contributed by atoms with Crippen molar-refractivity contribution in [1.29, 1.82) is 0 Å². The van der Waals surface area contributed by atoms with Crippen LogP contribution in [-0.4, -0.2) is 102 Å². The van der Waals surface area contributed by atoms with Crippen molar-refractivity contribution in [3.8, 4) is 51.7 Å². The first kappa shape index (κ1) is 85.8. The largest absolute Gasteiger partial charge is 0.504 e. The molecule has 8 aromatic carbocycles. The number of rotatable bonds is 20. The number of benzene rings is 8. The number of ether oxygens (including phenoxy) is 8. The monoisotopic (exact) mass is 1500 g/mol. The average molecular weight is 1510 g/mol. The first-order chi connectivity index (χ1) is 52.3. The van der Waals surface area contributed by atoms with Gasteiger partial charge < -0.3 is 131 Å². The highest BCUT2D eigenvalue weighted by molar-refractivity contribution is 5.74. The predicted octanol–water partition coefficient (Wildman–Crippen LogP) is 6.67. The van der Waals surface area contributed by atoms with Crippen LogP contribution in [0.4, 0.5) is 38.4 Å². The van der Waals surface area contributed by atoms with E-state index in [0.29, 0.717) is 75.4 Å². The molecule has 0 saturated carbocycles. The van der Waals surface area contributed by atoms with E-state index in [2.05, 4.69) is 60.7 Å². The van der Waals surface area contributed by atoms with Crippen LogP contribution in [0.25, 0.3) is 0 Å². The molecular formula is C76H96N16O17. The van der Waals surface area contributed by atoms with Crippen molar-refractivity contribution in [2.24, 2.45) is 45.9 Å². The van der Waals surface area contributed by atoms with Crippen LogP contribution in [0.15, 0.2) is 164 Å². The number of primary amides is 8. The smallest absolute Gasteiger partial charge is 0.312 e. The lowest BCUT2D eigenvalue weighted by atomic mass is 10.1. The number of phenolic OH excluding ortho intramolecular Hbond substituents is 1. The standard InChI is InChI=1S/C11H14N2O.C10H14N2O3.2C10H12N2O2.C9H10N2O3.C9H12N2O3.C9H12N2O2.C8H10N2O/c12-11(14)13-7-8-4-5-9-2-1-3-10(9)6-8;1-14-8-4-3-7(5-9(8)15-2)6-12-10(11)13;11-10(13)12-6-7-1-2-9-8(5-7)3-4-14-9;11-10(13)12-6-7-1-2-8-3-4-14-9(8)5-7;10-9(12)11-4-6-1-2-7-8(3-6)14-5-13-7;1-14-8-4-6(2-3-7(8)12)5-11-9(10)13;1-13-8-4-2-7(3-5-8)6-11-9(10)12;9-8(11)10-6-7-4-2-1-3-5-7/h4-6H,1-3,7H2,(H3,12,13,14);3-5H,6H2,1-2H3,(H3,11,12,13);2*1-2,5H,3-4,6H2,(H3,11,12,13);1-3H,4-5H2,(H3,10,11,12);2-4,12H,5H2,1H3,(H3,10,11,13);2-5H,6H2,1H3,(H3,10,11,12);1-5H,6H2,(H3,9,10,11). The second-order valence-corrected chi connectivity index (χ2v) is 23.5. The summed E-state index contributed by atoms with van der Waals surface area (Å²) in [5, 5.41) is 29.4. The fourth-order valence-electron chi connectivity index (χ4n) is 10.1. The van der Waals surface area contributed by atoms with E-state index in [4.69, 9.17) is 83.8 Å². The summed E-state index contributed by atoms with van der Waals surface area (Å²) >= 11 is 0. The number of carbonyl (C=O) groups is 8. The van der Waals surface area contributed by atoms with Crippen LogP contribution in [0.2, 0.25) is 0 Å². The number of nitrogens with two attached hydrogens (primary N) is 8. The number of hydrogen-bond acceptors (Lipinski definition) is 17. The molecule has 0 atom stereocenters. The Labute approximate surface area is 630 Å². The number of hydrogen-bond donors (Lipinski definition) is 17. The van der Waals surface area contributed by atoms with Gasteiger partial charge in [0, 0.05) is 65.2 Å². The lowest BCUT2D eigenvalue weighted by Gasteiger charge is -2.09. The fourth-order valence-corrected chi connectivity index (χ4v) is 10.1. The van der Waals surface area contributed by atoms with Crippen LogP contribution in [0.1, 0.15) is 73.2 Å². The topological polar surface area (TPSA) is 535 Å². The summed E-state index contributed by atoms with van der Waals surface area (Å²) < 4.78 is 41.2. The Kier molecular flexibility index (Phi) is 36.8. The Morgan fingerprint density at radius 2 is 0.670 bits per heavy atom. The molecule has 0 saturated heterocycles. The normalized spacial score (nSPS) is 11.3. The van der Waals surface area contributed by atoms with Gasteiger partial charge in [0.25, 0.3) is 0 Å². The molecule has 0 fully saturated rings. The molecule has 33 nitrogen and oxygen atoms in total. The van der Waals surface area contributed by atoms with Crippen LogP contribution in [0.5, 0.6) is 51.7 Å². The zero-order chi connectivity index (χ0) is 79.5. The molecule has 3 heterocycles. The minimum Gasteiger partial charge on any atom is -0.504 e. The highest BCUT2D eigenvalue weighted by Crippen LogP contribution is 2.33. The van der Waals surface area contributed by atoms with Gasteiger partial charge in [-0.05, 0) is 147 Å². The Hall–Kier alpha value is -13.9. The van der Waals surface area contributed by atoms with E-state index in [1.807, 2.05) is 109 Å². The highest BCUT2D eigenvalue weighted by Gasteiger charge is 2.16. The Morgan fingerprint density at radius 1 is 0.312 bits per heavy atom. The minimum absolute atomic E-state index is 0.0651. The zero-order valence-corrected chi connectivity index (χ0v) is 61.0. The Morgan fingerprint density at radius 3 is 1.16 bits per heavy atom. The molecule has 1 aliphatic carbocycles. The summed E-state index contributed by atoms with van der Waals surface area (Å²) in [6.07, 6.45) is 5.53. The third-order valence-corrected chi connectivity index (χ3v) is 15.5. The van der Waals surface area contributed by atoms with Crippen LogP contribution in [0, 0.1) is 0 Å². The van der Waals surface area contributed by atoms with Crippen molar-refractivity contribution in [2.45, 2.75) is 84.5 Å². The molecule has 4 aliphatic rings. The van der Waals surface area contributed by atoms with Gasteiger partial charge in [-0.15, -0.1) is 0 Å². The maximum atomic E-state index is 10.5. The first-order valence-corrected chi connectivity index (χ1v) is 33.8. The number of phenols is 1. The molecule has 0 bridgehead atoms. The number of methoxy groups -OCH3 is 4. The summed E-state index contributed by atoms with van der Waals surface area (Å²) in [6.45, 7) is 5.23. The van der Waals surface area contributed by atoms with Gasteiger partial charge in [0.15, 0.2) is 34.5 Å². The predicted molar refractivity (Wildman–Crippen MR) is 407 cm³/mol. The summed E-state index contributed by atoms with van der Waals surface area (Å²) in [6, 6.07) is 46.7.